The molecule has 4 atom stereocenters. The van der Waals surface area contributed by atoms with Gasteiger partial charge in [0.15, 0.2) is 5.60 Å². The van der Waals surface area contributed by atoms with E-state index < -0.39 is 11.8 Å². The van der Waals surface area contributed by atoms with E-state index in [0.29, 0.717) is 0 Å². The minimum absolute atomic E-state index is 0.0158. The fraction of sp³-hybridized carbons (Fsp3) is 0.400. The van der Waals surface area contributed by atoms with Crippen molar-refractivity contribution in [1.29, 1.82) is 0 Å². The number of para-hydroxylation sites is 2. The van der Waals surface area contributed by atoms with Crippen molar-refractivity contribution in [3.8, 4) is 5.75 Å². The molecule has 5 rings (SSSR count). The molecule has 0 aliphatic carbocycles. The van der Waals surface area contributed by atoms with Gasteiger partial charge in [0.2, 0.25) is 6.23 Å². The molecule has 24 heavy (non-hydrogen) atoms. The summed E-state index contributed by atoms with van der Waals surface area (Å²) in [6.45, 7) is 0.766. The first-order chi connectivity index (χ1) is 11.7. The van der Waals surface area contributed by atoms with E-state index in [4.69, 9.17) is 9.47 Å². The second-order valence-corrected chi connectivity index (χ2v) is 6.99. The van der Waals surface area contributed by atoms with Gasteiger partial charge in [-0.1, -0.05) is 36.4 Å². The molecule has 3 aliphatic heterocycles. The quantitative estimate of drug-likeness (QED) is 0.876. The molecule has 0 aromatic heterocycles. The fourth-order valence-electron chi connectivity index (χ4n) is 4.72. The number of aliphatic hydroxyl groups is 1. The Hall–Kier alpha value is -2.04. The molecule has 3 heterocycles. The number of rotatable bonds is 1. The number of hydrogen-bond acceptors (Lipinski definition) is 4. The zero-order valence-corrected chi connectivity index (χ0v) is 13.7. The minimum atomic E-state index is -1.10. The summed E-state index contributed by atoms with van der Waals surface area (Å²) in [6.07, 6.45) is 1.60. The number of anilines is 1. The lowest BCUT2D eigenvalue weighted by atomic mass is 9.72. The maximum absolute atomic E-state index is 12.0. The average molecular weight is 323 g/mol. The lowest BCUT2D eigenvalue weighted by molar-refractivity contribution is -0.119. The Balaban J connectivity index is 1.75. The Kier molecular flexibility index (Phi) is 2.97. The van der Waals surface area contributed by atoms with Gasteiger partial charge in [-0.2, -0.15) is 0 Å². The van der Waals surface area contributed by atoms with Crippen molar-refractivity contribution >= 4 is 5.69 Å². The fourth-order valence-corrected chi connectivity index (χ4v) is 4.72. The highest BCUT2D eigenvalue weighted by Gasteiger charge is 2.61. The normalized spacial score (nSPS) is 33.6. The second kappa shape index (κ2) is 4.98. The Morgan fingerprint density at radius 3 is 2.75 bits per heavy atom. The summed E-state index contributed by atoms with van der Waals surface area (Å²) in [4.78, 5) is 2.05. The molecule has 4 heteroatoms. The van der Waals surface area contributed by atoms with Crippen molar-refractivity contribution in [2.75, 3.05) is 18.6 Å². The maximum atomic E-state index is 12.0. The smallest absolute Gasteiger partial charge is 0.206 e. The topological polar surface area (TPSA) is 41.9 Å². The van der Waals surface area contributed by atoms with E-state index in [9.17, 15) is 5.11 Å². The van der Waals surface area contributed by atoms with Crippen LogP contribution in [-0.2, 0) is 10.3 Å². The van der Waals surface area contributed by atoms with Gasteiger partial charge >= 0.3 is 0 Å². The zero-order chi connectivity index (χ0) is 16.3. The van der Waals surface area contributed by atoms with Gasteiger partial charge in [0, 0.05) is 30.5 Å². The van der Waals surface area contributed by atoms with Crippen molar-refractivity contribution < 1.29 is 14.6 Å². The first-order valence-corrected chi connectivity index (χ1v) is 8.63. The number of likely N-dealkylation sites (N-methyl/N-ethyl adjacent to an activating group) is 1. The van der Waals surface area contributed by atoms with Crippen LogP contribution in [0.1, 0.15) is 29.9 Å². The van der Waals surface area contributed by atoms with E-state index in [-0.39, 0.29) is 12.0 Å². The SMILES string of the molecule is CN1c2ccccc2[C@@]2(O)[C@@H]([C@H]3CCCO3)c3ccccc3O[C@@H]12. The predicted octanol–water partition coefficient (Wildman–Crippen LogP) is 3.01. The monoisotopic (exact) mass is 323 g/mol. The van der Waals surface area contributed by atoms with Gasteiger partial charge in [0.05, 0.1) is 12.0 Å². The molecule has 1 fully saturated rings. The Morgan fingerprint density at radius 2 is 1.92 bits per heavy atom. The molecular formula is C20H21NO3. The van der Waals surface area contributed by atoms with E-state index in [1.807, 2.05) is 54.4 Å². The molecule has 1 saturated heterocycles. The van der Waals surface area contributed by atoms with Gasteiger partial charge < -0.3 is 19.5 Å². The van der Waals surface area contributed by atoms with Crippen LogP contribution >= 0.6 is 0 Å². The Bertz CT molecular complexity index is 786. The first kappa shape index (κ1) is 14.3. The summed E-state index contributed by atoms with van der Waals surface area (Å²) in [7, 11) is 1.99. The van der Waals surface area contributed by atoms with Crippen molar-refractivity contribution in [2.45, 2.75) is 36.7 Å². The van der Waals surface area contributed by atoms with Crippen LogP contribution in [0, 0.1) is 0 Å². The highest BCUT2D eigenvalue weighted by atomic mass is 16.5. The summed E-state index contributed by atoms with van der Waals surface area (Å²) >= 11 is 0. The summed E-state index contributed by atoms with van der Waals surface area (Å²) in [6, 6.07) is 16.1. The van der Waals surface area contributed by atoms with Crippen molar-refractivity contribution in [3.63, 3.8) is 0 Å². The molecular weight excluding hydrogens is 302 g/mol. The van der Waals surface area contributed by atoms with Crippen LogP contribution in [0.3, 0.4) is 0 Å². The Morgan fingerprint density at radius 1 is 1.12 bits per heavy atom. The standard InChI is InChI=1S/C20H21NO3/c1-21-15-9-4-3-8-14(15)20(22)18(17-11-6-12-23-17)13-7-2-5-10-16(13)24-19(20)21/h2-5,7-10,17-19,22H,6,11-12H2,1H3/t17-,18-,19-,20-/m1/s1. The van der Waals surface area contributed by atoms with Gasteiger partial charge in [-0.25, -0.2) is 0 Å². The highest BCUT2D eigenvalue weighted by Crippen LogP contribution is 2.57. The lowest BCUT2D eigenvalue weighted by Gasteiger charge is -2.46. The van der Waals surface area contributed by atoms with Crippen molar-refractivity contribution in [1.82, 2.24) is 0 Å². The summed E-state index contributed by atoms with van der Waals surface area (Å²) in [5.41, 5.74) is 1.91. The Labute approximate surface area is 141 Å². The summed E-state index contributed by atoms with van der Waals surface area (Å²) in [5, 5.41) is 12.0. The molecule has 124 valence electrons. The second-order valence-electron chi connectivity index (χ2n) is 6.99. The van der Waals surface area contributed by atoms with E-state index in [1.165, 1.54) is 0 Å². The molecule has 2 aromatic carbocycles. The van der Waals surface area contributed by atoms with Crippen LogP contribution in [0.15, 0.2) is 48.5 Å². The third kappa shape index (κ3) is 1.70. The molecule has 0 saturated carbocycles. The van der Waals surface area contributed by atoms with Crippen LogP contribution in [0.25, 0.3) is 0 Å². The number of ether oxygens (including phenoxy) is 2. The minimum Gasteiger partial charge on any atom is -0.467 e. The molecule has 1 N–H and O–H groups in total. The molecule has 0 amide bonds. The van der Waals surface area contributed by atoms with E-state index in [1.54, 1.807) is 0 Å². The third-order valence-corrected chi connectivity index (χ3v) is 5.75. The molecule has 4 nitrogen and oxygen atoms in total. The van der Waals surface area contributed by atoms with Crippen molar-refractivity contribution in [2.24, 2.45) is 0 Å². The molecule has 0 radical (unpaired) electrons. The lowest BCUT2D eigenvalue weighted by Crippen LogP contribution is -2.56. The van der Waals surface area contributed by atoms with Gasteiger partial charge in [-0.15, -0.1) is 0 Å². The molecule has 0 unspecified atom stereocenters. The largest absolute Gasteiger partial charge is 0.467 e. The van der Waals surface area contributed by atoms with Crippen LogP contribution in [-0.4, -0.2) is 31.1 Å². The van der Waals surface area contributed by atoms with Crippen LogP contribution < -0.4 is 9.64 Å². The number of benzene rings is 2. The van der Waals surface area contributed by atoms with Gasteiger partial charge in [0.1, 0.15) is 5.75 Å². The number of fused-ring (bicyclic) bond motifs is 4. The maximum Gasteiger partial charge on any atom is 0.206 e. The van der Waals surface area contributed by atoms with E-state index in [2.05, 4.69) is 6.07 Å². The summed E-state index contributed by atoms with van der Waals surface area (Å²) in [5.74, 6) is 0.730. The van der Waals surface area contributed by atoms with Crippen molar-refractivity contribution in [3.05, 3.63) is 59.7 Å². The summed E-state index contributed by atoms with van der Waals surface area (Å²) < 4.78 is 12.3. The molecule has 2 aromatic rings. The van der Waals surface area contributed by atoms with Gasteiger partial charge in [-0.05, 0) is 25.0 Å². The number of hydrogen-bond donors (Lipinski definition) is 1. The van der Waals surface area contributed by atoms with Crippen LogP contribution in [0.5, 0.6) is 5.75 Å². The third-order valence-electron chi connectivity index (χ3n) is 5.75. The highest BCUT2D eigenvalue weighted by molar-refractivity contribution is 5.65. The van der Waals surface area contributed by atoms with Gasteiger partial charge in [-0.3, -0.25) is 0 Å². The van der Waals surface area contributed by atoms with Gasteiger partial charge in [0.25, 0.3) is 0 Å². The van der Waals surface area contributed by atoms with Crippen LogP contribution in [0.4, 0.5) is 5.69 Å². The van der Waals surface area contributed by atoms with E-state index in [0.717, 1.165) is 42.0 Å². The molecule has 0 bridgehead atoms. The van der Waals surface area contributed by atoms with E-state index >= 15 is 0 Å². The number of nitrogens with zero attached hydrogens (tertiary/aromatic N) is 1. The molecule has 3 aliphatic rings. The average Bonchev–Trinajstić information content (AvgIpc) is 3.20. The van der Waals surface area contributed by atoms with Crippen LogP contribution in [0.2, 0.25) is 0 Å². The first-order valence-electron chi connectivity index (χ1n) is 8.63. The predicted molar refractivity (Wildman–Crippen MR) is 91.3 cm³/mol. The molecule has 0 spiro atoms. The zero-order valence-electron chi connectivity index (χ0n) is 13.7.